The van der Waals surface area contributed by atoms with E-state index in [4.69, 9.17) is 0 Å². The van der Waals surface area contributed by atoms with Crippen molar-refractivity contribution >= 4 is 27.3 Å². The Labute approximate surface area is 170 Å². The quantitative estimate of drug-likeness (QED) is 0.476. The lowest BCUT2D eigenvalue weighted by atomic mass is 10.2. The third-order valence-electron chi connectivity index (χ3n) is 5.16. The molecule has 0 radical (unpaired) electrons. The van der Waals surface area contributed by atoms with Crippen molar-refractivity contribution in [2.45, 2.75) is 17.7 Å². The lowest BCUT2D eigenvalue weighted by molar-refractivity contribution is -0.384. The highest BCUT2D eigenvalue weighted by Crippen LogP contribution is 2.33. The van der Waals surface area contributed by atoms with Gasteiger partial charge in [-0.25, -0.2) is 13.1 Å². The summed E-state index contributed by atoms with van der Waals surface area (Å²) in [4.78, 5) is 28.6. The van der Waals surface area contributed by atoms with Gasteiger partial charge in [-0.2, -0.15) is 0 Å². The number of carbonyl (C=O) groups excluding carboxylic acids is 1. The summed E-state index contributed by atoms with van der Waals surface area (Å²) in [5.41, 5.74) is 0.128. The first-order valence-corrected chi connectivity index (χ1v) is 11.1. The minimum Gasteiger partial charge on any atom is -0.362 e. The summed E-state index contributed by atoms with van der Waals surface area (Å²) in [6.07, 6.45) is 1.89. The molecule has 1 saturated carbocycles. The van der Waals surface area contributed by atoms with Crippen molar-refractivity contribution in [3.05, 3.63) is 28.3 Å². The highest BCUT2D eigenvalue weighted by atomic mass is 32.2. The van der Waals surface area contributed by atoms with Crippen LogP contribution in [-0.4, -0.2) is 82.4 Å². The van der Waals surface area contributed by atoms with Crippen LogP contribution in [0.1, 0.15) is 12.8 Å². The standard InChI is InChI=1S/C18H27N5O5S/c1-20(2)8-7-19-29(27,28)15-5-6-16(17(13-15)23(25)26)21-9-11-22(12-10-21)18(24)14-3-4-14/h5-6,13-14,19H,3-4,7-12H2,1-2H3. The second-order valence-electron chi connectivity index (χ2n) is 7.70. The Bertz CT molecular complexity index is 877. The van der Waals surface area contributed by atoms with Gasteiger partial charge in [0.15, 0.2) is 0 Å². The lowest BCUT2D eigenvalue weighted by Gasteiger charge is -2.36. The number of nitro groups is 1. The van der Waals surface area contributed by atoms with E-state index >= 15 is 0 Å². The van der Waals surface area contributed by atoms with E-state index in [-0.39, 0.29) is 29.0 Å². The molecule has 0 spiro atoms. The molecule has 1 aliphatic carbocycles. The van der Waals surface area contributed by atoms with Gasteiger partial charge < -0.3 is 14.7 Å². The normalized spacial score (nSPS) is 17.6. The minimum absolute atomic E-state index is 0.130. The first kappa shape index (κ1) is 21.5. The van der Waals surface area contributed by atoms with Crippen LogP contribution in [0.3, 0.4) is 0 Å². The number of anilines is 1. The molecule has 1 N–H and O–H groups in total. The molecule has 29 heavy (non-hydrogen) atoms. The van der Waals surface area contributed by atoms with Crippen molar-refractivity contribution in [1.82, 2.24) is 14.5 Å². The second kappa shape index (κ2) is 8.64. The van der Waals surface area contributed by atoms with Crippen LogP contribution in [0, 0.1) is 16.0 Å². The minimum atomic E-state index is -3.83. The summed E-state index contributed by atoms with van der Waals surface area (Å²) < 4.78 is 27.4. The highest BCUT2D eigenvalue weighted by molar-refractivity contribution is 7.89. The number of benzene rings is 1. The predicted octanol–water partition coefficient (Wildman–Crippen LogP) is 0.493. The zero-order valence-electron chi connectivity index (χ0n) is 16.7. The number of hydrogen-bond acceptors (Lipinski definition) is 7. The number of rotatable bonds is 8. The summed E-state index contributed by atoms with van der Waals surface area (Å²) in [6, 6.07) is 3.98. The predicted molar refractivity (Wildman–Crippen MR) is 108 cm³/mol. The number of carbonyl (C=O) groups is 1. The SMILES string of the molecule is CN(C)CCNS(=O)(=O)c1ccc(N2CCN(C(=O)C3CC3)CC2)c([N+](=O)[O-])c1. The van der Waals surface area contributed by atoms with Crippen molar-refractivity contribution in [3.63, 3.8) is 0 Å². The van der Waals surface area contributed by atoms with Gasteiger partial charge in [0.2, 0.25) is 15.9 Å². The van der Waals surface area contributed by atoms with Crippen LogP contribution >= 0.6 is 0 Å². The smallest absolute Gasteiger partial charge is 0.293 e. The summed E-state index contributed by atoms with van der Waals surface area (Å²) in [5, 5.41) is 11.6. The number of nitrogens with zero attached hydrogens (tertiary/aromatic N) is 4. The van der Waals surface area contributed by atoms with Crippen LogP contribution in [-0.2, 0) is 14.8 Å². The van der Waals surface area contributed by atoms with Gasteiger partial charge >= 0.3 is 0 Å². The fourth-order valence-corrected chi connectivity index (χ4v) is 4.37. The van der Waals surface area contributed by atoms with Gasteiger partial charge in [0.1, 0.15) is 5.69 Å². The molecule has 0 unspecified atom stereocenters. The summed E-state index contributed by atoms with van der Waals surface area (Å²) in [7, 11) is -0.184. The molecule has 1 aliphatic heterocycles. The van der Waals surface area contributed by atoms with Crippen molar-refractivity contribution in [3.8, 4) is 0 Å². The Morgan fingerprint density at radius 3 is 2.45 bits per heavy atom. The van der Waals surface area contributed by atoms with Crippen LogP contribution < -0.4 is 9.62 Å². The summed E-state index contributed by atoms with van der Waals surface area (Å²) >= 11 is 0. The van der Waals surface area contributed by atoms with Crippen LogP contribution in [0.25, 0.3) is 0 Å². The maximum atomic E-state index is 12.5. The third-order valence-corrected chi connectivity index (χ3v) is 6.62. The van der Waals surface area contributed by atoms with Crippen molar-refractivity contribution < 1.29 is 18.1 Å². The van der Waals surface area contributed by atoms with E-state index in [9.17, 15) is 23.3 Å². The maximum absolute atomic E-state index is 12.5. The molecule has 10 nitrogen and oxygen atoms in total. The Kier molecular flexibility index (Phi) is 6.39. The number of nitro benzene ring substituents is 1. The molecule has 160 valence electrons. The van der Waals surface area contributed by atoms with Gasteiger partial charge in [-0.1, -0.05) is 0 Å². The van der Waals surface area contributed by atoms with Crippen LogP contribution in [0.15, 0.2) is 23.1 Å². The number of nitrogens with one attached hydrogen (secondary N) is 1. The summed E-state index contributed by atoms with van der Waals surface area (Å²) in [5.74, 6) is 0.324. The molecule has 2 fully saturated rings. The van der Waals surface area contributed by atoms with E-state index < -0.39 is 14.9 Å². The Morgan fingerprint density at radius 2 is 1.90 bits per heavy atom. The lowest BCUT2D eigenvalue weighted by Crippen LogP contribution is -2.49. The van der Waals surface area contributed by atoms with Gasteiger partial charge in [0.25, 0.3) is 5.69 Å². The van der Waals surface area contributed by atoms with Crippen LogP contribution in [0.5, 0.6) is 0 Å². The van der Waals surface area contributed by atoms with E-state index in [0.29, 0.717) is 38.4 Å². The number of amides is 1. The van der Waals surface area contributed by atoms with E-state index in [1.54, 1.807) is 0 Å². The molecule has 0 aromatic heterocycles. The molecule has 1 amide bonds. The topological polar surface area (TPSA) is 116 Å². The van der Waals surface area contributed by atoms with Crippen molar-refractivity contribution in [2.75, 3.05) is 58.3 Å². The van der Waals surface area contributed by atoms with Crippen molar-refractivity contribution in [1.29, 1.82) is 0 Å². The average Bonchev–Trinajstić information content (AvgIpc) is 3.52. The van der Waals surface area contributed by atoms with Crippen LogP contribution in [0.4, 0.5) is 11.4 Å². The molecule has 0 bridgehead atoms. The van der Waals surface area contributed by atoms with E-state index in [1.807, 2.05) is 28.8 Å². The van der Waals surface area contributed by atoms with Gasteiger partial charge in [0.05, 0.1) is 9.82 Å². The zero-order valence-corrected chi connectivity index (χ0v) is 17.5. The monoisotopic (exact) mass is 425 g/mol. The second-order valence-corrected chi connectivity index (χ2v) is 9.46. The summed E-state index contributed by atoms with van der Waals surface area (Å²) in [6.45, 7) is 2.71. The first-order valence-electron chi connectivity index (χ1n) is 9.65. The first-order chi connectivity index (χ1) is 13.7. The number of hydrogen-bond donors (Lipinski definition) is 1. The molecule has 11 heteroatoms. The Hall–Kier alpha value is -2.24. The Balaban J connectivity index is 1.73. The third kappa shape index (κ3) is 5.22. The highest BCUT2D eigenvalue weighted by Gasteiger charge is 2.35. The molecule has 1 aromatic carbocycles. The number of sulfonamides is 1. The Morgan fingerprint density at radius 1 is 1.24 bits per heavy atom. The van der Waals surface area contributed by atoms with Gasteiger partial charge in [-0.15, -0.1) is 0 Å². The van der Waals surface area contributed by atoms with Gasteiger partial charge in [-0.05, 0) is 39.1 Å². The van der Waals surface area contributed by atoms with E-state index in [1.165, 1.54) is 12.1 Å². The van der Waals surface area contributed by atoms with E-state index in [2.05, 4.69) is 4.72 Å². The molecule has 3 rings (SSSR count). The van der Waals surface area contributed by atoms with Crippen molar-refractivity contribution in [2.24, 2.45) is 5.92 Å². The molecule has 1 heterocycles. The molecular weight excluding hydrogens is 398 g/mol. The molecule has 2 aliphatic rings. The van der Waals surface area contributed by atoms with Gasteiger partial charge in [-0.3, -0.25) is 14.9 Å². The van der Waals surface area contributed by atoms with Gasteiger partial charge in [0, 0.05) is 51.3 Å². The molecule has 0 atom stereocenters. The molecular formula is C18H27N5O5S. The largest absolute Gasteiger partial charge is 0.362 e. The fraction of sp³-hybridized carbons (Fsp3) is 0.611. The van der Waals surface area contributed by atoms with Crippen LogP contribution in [0.2, 0.25) is 0 Å². The molecule has 1 aromatic rings. The zero-order chi connectivity index (χ0) is 21.2. The maximum Gasteiger partial charge on any atom is 0.293 e. The number of piperazine rings is 1. The fourth-order valence-electron chi connectivity index (χ4n) is 3.33. The average molecular weight is 426 g/mol. The molecule has 1 saturated heterocycles. The number of likely N-dealkylation sites (N-methyl/N-ethyl adjacent to an activating group) is 1. The van der Waals surface area contributed by atoms with E-state index in [0.717, 1.165) is 18.9 Å².